The Hall–Kier alpha value is -2.81. The van der Waals surface area contributed by atoms with Gasteiger partial charge in [0.2, 0.25) is 5.91 Å². The summed E-state index contributed by atoms with van der Waals surface area (Å²) in [6.07, 6.45) is 0. The predicted molar refractivity (Wildman–Crippen MR) is 82.2 cm³/mol. The predicted octanol–water partition coefficient (Wildman–Crippen LogP) is -0.317. The van der Waals surface area contributed by atoms with E-state index < -0.39 is 18.0 Å². The van der Waals surface area contributed by atoms with Crippen LogP contribution in [0.5, 0.6) is 0 Å². The maximum atomic E-state index is 11.4. The van der Waals surface area contributed by atoms with Gasteiger partial charge in [-0.05, 0) is 38.4 Å². The molecule has 0 aromatic heterocycles. The first-order chi connectivity index (χ1) is 10.4. The lowest BCUT2D eigenvalue weighted by atomic mass is 10.2. The topological polar surface area (TPSA) is 129 Å². The van der Waals surface area contributed by atoms with E-state index in [4.69, 9.17) is 5.73 Å². The van der Waals surface area contributed by atoms with Crippen molar-refractivity contribution in [2.24, 2.45) is 5.73 Å². The standard InChI is InChI=1S/C13H20N6O3/c1-19(2)8-17-13(22)18-12(21)16-7-15-10-5-3-9(4-6-10)11(14)20/h3-6,15H,7-8H2,1-2H3,(H2,14,20)(H3,16,17,18,21,22). The van der Waals surface area contributed by atoms with Crippen LogP contribution in [0.1, 0.15) is 10.4 Å². The zero-order valence-electron chi connectivity index (χ0n) is 12.5. The monoisotopic (exact) mass is 308 g/mol. The minimum atomic E-state index is -0.627. The smallest absolute Gasteiger partial charge is 0.324 e. The number of carbonyl (C=O) groups is 3. The highest BCUT2D eigenvalue weighted by Gasteiger charge is 2.06. The van der Waals surface area contributed by atoms with Gasteiger partial charge >= 0.3 is 12.1 Å². The molecule has 0 spiro atoms. The highest BCUT2D eigenvalue weighted by Crippen LogP contribution is 2.08. The van der Waals surface area contributed by atoms with Crippen LogP contribution in [0.3, 0.4) is 0 Å². The lowest BCUT2D eigenvalue weighted by Crippen LogP contribution is -2.47. The van der Waals surface area contributed by atoms with E-state index in [1.54, 1.807) is 43.3 Å². The van der Waals surface area contributed by atoms with Gasteiger partial charge in [-0.15, -0.1) is 0 Å². The molecule has 0 saturated heterocycles. The van der Waals surface area contributed by atoms with Gasteiger partial charge in [0.1, 0.15) is 0 Å². The molecule has 0 fully saturated rings. The number of primary amides is 1. The molecule has 0 heterocycles. The molecule has 9 heteroatoms. The van der Waals surface area contributed by atoms with Gasteiger partial charge in [0, 0.05) is 11.3 Å². The molecule has 0 aliphatic rings. The van der Waals surface area contributed by atoms with Crippen LogP contribution in [0.25, 0.3) is 0 Å². The molecule has 9 nitrogen and oxygen atoms in total. The number of imide groups is 1. The fraction of sp³-hybridized carbons (Fsp3) is 0.308. The molecular weight excluding hydrogens is 288 g/mol. The quantitative estimate of drug-likeness (QED) is 0.460. The minimum absolute atomic E-state index is 0.114. The van der Waals surface area contributed by atoms with E-state index in [1.165, 1.54) is 0 Å². The Morgan fingerprint density at radius 2 is 1.64 bits per heavy atom. The summed E-state index contributed by atoms with van der Waals surface area (Å²) in [6, 6.07) is 5.24. The van der Waals surface area contributed by atoms with Crippen LogP contribution >= 0.6 is 0 Å². The number of nitrogens with one attached hydrogen (secondary N) is 4. The van der Waals surface area contributed by atoms with Crippen molar-refractivity contribution in [1.82, 2.24) is 20.9 Å². The summed E-state index contributed by atoms with van der Waals surface area (Å²) >= 11 is 0. The number of urea groups is 2. The Balaban J connectivity index is 2.27. The van der Waals surface area contributed by atoms with E-state index in [0.29, 0.717) is 17.9 Å². The van der Waals surface area contributed by atoms with Gasteiger partial charge < -0.3 is 21.7 Å². The molecule has 1 aromatic carbocycles. The van der Waals surface area contributed by atoms with Crippen LogP contribution in [-0.4, -0.2) is 50.3 Å². The number of rotatable bonds is 6. The van der Waals surface area contributed by atoms with Crippen molar-refractivity contribution in [1.29, 1.82) is 0 Å². The van der Waals surface area contributed by atoms with Crippen LogP contribution < -0.4 is 27.0 Å². The molecular formula is C13H20N6O3. The van der Waals surface area contributed by atoms with Crippen molar-refractivity contribution >= 4 is 23.7 Å². The summed E-state index contributed by atoms with van der Waals surface area (Å²) in [6.45, 7) is 0.437. The lowest BCUT2D eigenvalue weighted by Gasteiger charge is -2.12. The molecule has 0 saturated carbocycles. The fourth-order valence-electron chi connectivity index (χ4n) is 1.40. The van der Waals surface area contributed by atoms with Crippen molar-refractivity contribution in [3.63, 3.8) is 0 Å². The highest BCUT2D eigenvalue weighted by molar-refractivity contribution is 5.93. The first-order valence-corrected chi connectivity index (χ1v) is 6.49. The molecule has 0 radical (unpaired) electrons. The largest absolute Gasteiger partial charge is 0.368 e. The zero-order valence-corrected chi connectivity index (χ0v) is 12.5. The van der Waals surface area contributed by atoms with Crippen molar-refractivity contribution in [2.75, 3.05) is 32.7 Å². The second-order valence-electron chi connectivity index (χ2n) is 4.67. The van der Waals surface area contributed by atoms with Gasteiger partial charge in [-0.1, -0.05) is 0 Å². The molecule has 6 N–H and O–H groups in total. The summed E-state index contributed by atoms with van der Waals surface area (Å²) in [5.41, 5.74) is 6.22. The summed E-state index contributed by atoms with van der Waals surface area (Å²) < 4.78 is 0. The Bertz CT molecular complexity index is 529. The number of benzene rings is 1. The number of hydrogen-bond acceptors (Lipinski definition) is 5. The van der Waals surface area contributed by atoms with Crippen molar-refractivity contribution in [3.8, 4) is 0 Å². The zero-order chi connectivity index (χ0) is 16.5. The van der Waals surface area contributed by atoms with Gasteiger partial charge in [0.25, 0.3) is 0 Å². The molecule has 5 amide bonds. The molecule has 0 bridgehead atoms. The van der Waals surface area contributed by atoms with E-state index in [1.807, 2.05) is 0 Å². The second kappa shape index (κ2) is 8.47. The summed E-state index contributed by atoms with van der Waals surface area (Å²) in [5, 5.41) is 9.97. The van der Waals surface area contributed by atoms with Gasteiger partial charge in [-0.3, -0.25) is 15.0 Å². The number of anilines is 1. The van der Waals surface area contributed by atoms with Gasteiger partial charge in [-0.2, -0.15) is 0 Å². The Morgan fingerprint density at radius 3 is 2.18 bits per heavy atom. The SMILES string of the molecule is CN(C)CNC(=O)NC(=O)NCNc1ccc(C(N)=O)cc1. The third-order valence-corrected chi connectivity index (χ3v) is 2.49. The normalized spacial score (nSPS) is 9.95. The van der Waals surface area contributed by atoms with E-state index in [0.717, 1.165) is 0 Å². The van der Waals surface area contributed by atoms with Crippen LogP contribution in [0, 0.1) is 0 Å². The van der Waals surface area contributed by atoms with Crippen molar-refractivity contribution in [2.45, 2.75) is 0 Å². The van der Waals surface area contributed by atoms with Crippen LogP contribution in [0.2, 0.25) is 0 Å². The van der Waals surface area contributed by atoms with E-state index in [9.17, 15) is 14.4 Å². The second-order valence-corrected chi connectivity index (χ2v) is 4.67. The molecule has 0 aliphatic carbocycles. The third kappa shape index (κ3) is 6.57. The number of amides is 5. The first kappa shape index (κ1) is 17.2. The third-order valence-electron chi connectivity index (χ3n) is 2.49. The molecule has 1 rings (SSSR count). The van der Waals surface area contributed by atoms with E-state index >= 15 is 0 Å². The van der Waals surface area contributed by atoms with Crippen molar-refractivity contribution < 1.29 is 14.4 Å². The fourth-order valence-corrected chi connectivity index (χ4v) is 1.40. The molecule has 0 aliphatic heterocycles. The van der Waals surface area contributed by atoms with Crippen LogP contribution in [-0.2, 0) is 0 Å². The number of carbonyl (C=O) groups excluding carboxylic acids is 3. The average molecular weight is 308 g/mol. The van der Waals surface area contributed by atoms with Crippen molar-refractivity contribution in [3.05, 3.63) is 29.8 Å². The summed E-state index contributed by atoms with van der Waals surface area (Å²) in [7, 11) is 3.57. The Morgan fingerprint density at radius 1 is 1.05 bits per heavy atom. The minimum Gasteiger partial charge on any atom is -0.368 e. The Labute approximate surface area is 128 Å². The number of hydrogen-bond donors (Lipinski definition) is 5. The molecule has 0 atom stereocenters. The molecule has 120 valence electrons. The van der Waals surface area contributed by atoms with E-state index in [2.05, 4.69) is 21.3 Å². The maximum absolute atomic E-state index is 11.4. The van der Waals surface area contributed by atoms with Crippen LogP contribution in [0.4, 0.5) is 15.3 Å². The van der Waals surface area contributed by atoms with E-state index in [-0.39, 0.29) is 6.67 Å². The summed E-state index contributed by atoms with van der Waals surface area (Å²) in [4.78, 5) is 35.4. The van der Waals surface area contributed by atoms with Gasteiger partial charge in [0.05, 0.1) is 13.3 Å². The molecule has 0 unspecified atom stereocenters. The lowest BCUT2D eigenvalue weighted by molar-refractivity contribution is 0.1000. The number of nitrogens with zero attached hydrogens (tertiary/aromatic N) is 1. The average Bonchev–Trinajstić information content (AvgIpc) is 2.45. The molecule has 1 aromatic rings. The molecule has 22 heavy (non-hydrogen) atoms. The summed E-state index contributed by atoms with van der Waals surface area (Å²) in [5.74, 6) is -0.507. The van der Waals surface area contributed by atoms with Gasteiger partial charge in [-0.25, -0.2) is 9.59 Å². The Kier molecular flexibility index (Phi) is 6.64. The highest BCUT2D eigenvalue weighted by atomic mass is 16.2. The maximum Gasteiger partial charge on any atom is 0.324 e. The number of nitrogens with two attached hydrogens (primary N) is 1. The van der Waals surface area contributed by atoms with Crippen LogP contribution in [0.15, 0.2) is 24.3 Å². The first-order valence-electron chi connectivity index (χ1n) is 6.49. The van der Waals surface area contributed by atoms with Gasteiger partial charge in [0.15, 0.2) is 0 Å².